The number of fused-ring (bicyclic) bond motifs is 1. The molecule has 0 spiro atoms. The van der Waals surface area contributed by atoms with Gasteiger partial charge in [-0.2, -0.15) is 0 Å². The Balaban J connectivity index is 1.97. The molecule has 0 atom stereocenters. The lowest BCUT2D eigenvalue weighted by Gasteiger charge is -2.09. The molecule has 1 heterocycles. The summed E-state index contributed by atoms with van der Waals surface area (Å²) < 4.78 is 0. The molecule has 0 radical (unpaired) electrons. The van der Waals surface area contributed by atoms with Crippen molar-refractivity contribution in [3.8, 4) is 0 Å². The molecule has 2 N–H and O–H groups in total. The van der Waals surface area contributed by atoms with Gasteiger partial charge < -0.3 is 5.32 Å². The molecule has 0 saturated heterocycles. The van der Waals surface area contributed by atoms with Crippen LogP contribution in [0.4, 0.5) is 5.69 Å². The molecule has 0 aromatic heterocycles. The molecule has 1 aliphatic heterocycles. The third kappa shape index (κ3) is 2.18. The number of anilines is 1. The highest BCUT2D eigenvalue weighted by molar-refractivity contribution is 6.25. The van der Waals surface area contributed by atoms with Crippen molar-refractivity contribution in [2.75, 3.05) is 5.32 Å². The van der Waals surface area contributed by atoms with Crippen LogP contribution in [-0.2, 0) is 0 Å². The maximum atomic E-state index is 12.3. The Morgan fingerprint density at radius 2 is 1.76 bits per heavy atom. The van der Waals surface area contributed by atoms with E-state index in [9.17, 15) is 14.4 Å². The molecule has 0 aliphatic carbocycles. The molecule has 0 unspecified atom stereocenters. The lowest BCUT2D eigenvalue weighted by atomic mass is 10.1. The van der Waals surface area contributed by atoms with Crippen LogP contribution in [0.3, 0.4) is 0 Å². The first-order valence-electron chi connectivity index (χ1n) is 6.43. The van der Waals surface area contributed by atoms with Crippen LogP contribution in [0.15, 0.2) is 42.5 Å². The second kappa shape index (κ2) is 4.86. The van der Waals surface area contributed by atoms with E-state index in [1.165, 1.54) is 0 Å². The molecular weight excluding hydrogens is 268 g/mol. The summed E-state index contributed by atoms with van der Waals surface area (Å²) in [5, 5.41) is 4.92. The molecule has 2 aromatic rings. The van der Waals surface area contributed by atoms with Crippen LogP contribution in [0.1, 0.15) is 36.6 Å². The molecule has 21 heavy (non-hydrogen) atoms. The second-order valence-electron chi connectivity index (χ2n) is 4.78. The van der Waals surface area contributed by atoms with Gasteiger partial charge in [0.25, 0.3) is 17.7 Å². The fraction of sp³-hybridized carbons (Fsp3) is 0.0625. The Hall–Kier alpha value is -2.95. The summed E-state index contributed by atoms with van der Waals surface area (Å²) in [5.41, 5.74) is 2.19. The Labute approximate surface area is 121 Å². The normalized spacial score (nSPS) is 12.8. The van der Waals surface area contributed by atoms with E-state index in [1.807, 2.05) is 19.1 Å². The van der Waals surface area contributed by atoms with Crippen molar-refractivity contribution >= 4 is 23.4 Å². The van der Waals surface area contributed by atoms with Crippen LogP contribution in [0.5, 0.6) is 0 Å². The van der Waals surface area contributed by atoms with E-state index in [1.54, 1.807) is 30.3 Å². The fourth-order valence-electron chi connectivity index (χ4n) is 2.34. The van der Waals surface area contributed by atoms with Crippen molar-refractivity contribution in [3.63, 3.8) is 0 Å². The average molecular weight is 280 g/mol. The number of carbonyl (C=O) groups excluding carboxylic acids is 3. The van der Waals surface area contributed by atoms with E-state index in [4.69, 9.17) is 0 Å². The number of amides is 3. The monoisotopic (exact) mass is 280 g/mol. The first kappa shape index (κ1) is 13.1. The number of aryl methyl sites for hydroxylation is 1. The Kier molecular flexibility index (Phi) is 3.02. The first-order valence-corrected chi connectivity index (χ1v) is 6.43. The summed E-state index contributed by atoms with van der Waals surface area (Å²) in [4.78, 5) is 35.7. The standard InChI is InChI=1S/C16H12N2O3/c1-9-5-2-3-6-10(9)14(19)17-12-8-4-7-11-13(12)16(21)18-15(11)20/h2-8H,1H3,(H,17,19)(H,18,20,21). The summed E-state index contributed by atoms with van der Waals surface area (Å²) in [6, 6.07) is 11.9. The topological polar surface area (TPSA) is 75.3 Å². The minimum absolute atomic E-state index is 0.212. The third-order valence-corrected chi connectivity index (χ3v) is 3.40. The Bertz CT molecular complexity index is 781. The van der Waals surface area contributed by atoms with Gasteiger partial charge in [-0.1, -0.05) is 24.3 Å². The SMILES string of the molecule is Cc1ccccc1C(=O)Nc1cccc2c1C(=O)NC2=O. The van der Waals surface area contributed by atoms with Gasteiger partial charge in [-0.3, -0.25) is 19.7 Å². The molecule has 0 fully saturated rings. The van der Waals surface area contributed by atoms with Gasteiger partial charge in [0.15, 0.2) is 0 Å². The van der Waals surface area contributed by atoms with Crippen LogP contribution in [-0.4, -0.2) is 17.7 Å². The molecule has 0 bridgehead atoms. The molecule has 3 rings (SSSR count). The molecule has 3 amide bonds. The predicted octanol–water partition coefficient (Wildman–Crippen LogP) is 2.13. The highest BCUT2D eigenvalue weighted by atomic mass is 16.2. The molecule has 5 nitrogen and oxygen atoms in total. The van der Waals surface area contributed by atoms with Crippen LogP contribution in [0, 0.1) is 6.92 Å². The second-order valence-corrected chi connectivity index (χ2v) is 4.78. The van der Waals surface area contributed by atoms with Gasteiger partial charge in [-0.25, -0.2) is 0 Å². The van der Waals surface area contributed by atoms with E-state index in [2.05, 4.69) is 10.6 Å². The maximum Gasteiger partial charge on any atom is 0.261 e. The Morgan fingerprint density at radius 1 is 1.00 bits per heavy atom. The van der Waals surface area contributed by atoms with Gasteiger partial charge in [-0.05, 0) is 30.7 Å². The zero-order valence-electron chi connectivity index (χ0n) is 11.3. The third-order valence-electron chi connectivity index (χ3n) is 3.40. The van der Waals surface area contributed by atoms with Crippen molar-refractivity contribution in [2.45, 2.75) is 6.92 Å². The molecule has 2 aromatic carbocycles. The number of hydrogen-bond acceptors (Lipinski definition) is 3. The van der Waals surface area contributed by atoms with Crippen LogP contribution < -0.4 is 10.6 Å². The van der Waals surface area contributed by atoms with E-state index in [-0.39, 0.29) is 17.0 Å². The summed E-state index contributed by atoms with van der Waals surface area (Å²) >= 11 is 0. The van der Waals surface area contributed by atoms with Gasteiger partial charge in [0.1, 0.15) is 0 Å². The predicted molar refractivity (Wildman–Crippen MR) is 77.4 cm³/mol. The van der Waals surface area contributed by atoms with Gasteiger partial charge >= 0.3 is 0 Å². The quantitative estimate of drug-likeness (QED) is 0.827. The molecule has 5 heteroatoms. The van der Waals surface area contributed by atoms with Crippen molar-refractivity contribution in [3.05, 3.63) is 64.7 Å². The van der Waals surface area contributed by atoms with Gasteiger partial charge in [-0.15, -0.1) is 0 Å². The number of imide groups is 1. The first-order chi connectivity index (χ1) is 10.1. The van der Waals surface area contributed by atoms with Crippen LogP contribution in [0.25, 0.3) is 0 Å². The maximum absolute atomic E-state index is 12.3. The number of hydrogen-bond donors (Lipinski definition) is 2. The van der Waals surface area contributed by atoms with Gasteiger partial charge in [0, 0.05) is 5.56 Å². The summed E-state index contributed by atoms with van der Waals surface area (Å²) in [7, 11) is 0. The van der Waals surface area contributed by atoms with E-state index in [0.29, 0.717) is 11.3 Å². The minimum atomic E-state index is -0.490. The van der Waals surface area contributed by atoms with Crippen LogP contribution >= 0.6 is 0 Å². The van der Waals surface area contributed by atoms with Crippen LogP contribution in [0.2, 0.25) is 0 Å². The highest BCUT2D eigenvalue weighted by Crippen LogP contribution is 2.25. The Morgan fingerprint density at radius 3 is 2.52 bits per heavy atom. The number of nitrogens with one attached hydrogen (secondary N) is 2. The largest absolute Gasteiger partial charge is 0.321 e. The zero-order chi connectivity index (χ0) is 15.0. The minimum Gasteiger partial charge on any atom is -0.321 e. The van der Waals surface area contributed by atoms with E-state index < -0.39 is 11.8 Å². The van der Waals surface area contributed by atoms with Crippen molar-refractivity contribution in [2.24, 2.45) is 0 Å². The molecule has 104 valence electrons. The summed E-state index contributed by atoms with van der Waals surface area (Å²) in [6.07, 6.45) is 0. The lowest BCUT2D eigenvalue weighted by molar-refractivity contribution is 0.0879. The van der Waals surface area contributed by atoms with Crippen molar-refractivity contribution in [1.82, 2.24) is 5.32 Å². The highest BCUT2D eigenvalue weighted by Gasteiger charge is 2.29. The fourth-order valence-corrected chi connectivity index (χ4v) is 2.34. The zero-order valence-corrected chi connectivity index (χ0v) is 11.3. The van der Waals surface area contributed by atoms with Crippen molar-refractivity contribution in [1.29, 1.82) is 0 Å². The smallest absolute Gasteiger partial charge is 0.261 e. The number of benzene rings is 2. The molecular formula is C16H12N2O3. The average Bonchev–Trinajstić information content (AvgIpc) is 2.75. The lowest BCUT2D eigenvalue weighted by Crippen LogP contribution is -2.21. The number of carbonyl (C=O) groups is 3. The summed E-state index contributed by atoms with van der Waals surface area (Å²) in [5.74, 6) is -1.24. The summed E-state index contributed by atoms with van der Waals surface area (Å²) in [6.45, 7) is 1.83. The number of rotatable bonds is 2. The van der Waals surface area contributed by atoms with Gasteiger partial charge in [0.05, 0.1) is 16.8 Å². The van der Waals surface area contributed by atoms with Gasteiger partial charge in [0.2, 0.25) is 0 Å². The molecule has 0 saturated carbocycles. The molecule has 1 aliphatic rings. The van der Waals surface area contributed by atoms with E-state index in [0.717, 1.165) is 5.56 Å². The van der Waals surface area contributed by atoms with E-state index >= 15 is 0 Å². The van der Waals surface area contributed by atoms with Crippen molar-refractivity contribution < 1.29 is 14.4 Å².